The zero-order valence-corrected chi connectivity index (χ0v) is 20.7. The van der Waals surface area contributed by atoms with Gasteiger partial charge in [0.2, 0.25) is 5.91 Å². The predicted octanol–water partition coefficient (Wildman–Crippen LogP) is 5.76. The quantitative estimate of drug-likeness (QED) is 0.381. The first kappa shape index (κ1) is 22.8. The molecule has 1 unspecified atom stereocenters. The molecule has 36 heavy (non-hydrogen) atoms. The van der Waals surface area contributed by atoms with Crippen LogP contribution in [0.4, 0.5) is 5.69 Å². The van der Waals surface area contributed by atoms with E-state index in [0.717, 1.165) is 84.4 Å². The van der Waals surface area contributed by atoms with Crippen LogP contribution >= 0.6 is 0 Å². The van der Waals surface area contributed by atoms with Crippen LogP contribution in [-0.2, 0) is 11.2 Å². The van der Waals surface area contributed by atoms with Crippen molar-refractivity contribution in [3.63, 3.8) is 0 Å². The van der Waals surface area contributed by atoms with Crippen molar-refractivity contribution < 1.29 is 9.53 Å². The summed E-state index contributed by atoms with van der Waals surface area (Å²) in [5, 5.41) is 11.9. The number of carbonyl (C=O) groups excluding carboxylic acids is 1. The maximum atomic E-state index is 13.2. The zero-order chi connectivity index (χ0) is 24.5. The van der Waals surface area contributed by atoms with Gasteiger partial charge in [0.05, 0.1) is 17.1 Å². The Hall–Kier alpha value is -3.64. The molecule has 1 atom stereocenters. The average Bonchev–Trinajstić information content (AvgIpc) is 3.33. The van der Waals surface area contributed by atoms with E-state index < -0.39 is 0 Å². The predicted molar refractivity (Wildman–Crippen MR) is 143 cm³/mol. The Balaban J connectivity index is 1.19. The van der Waals surface area contributed by atoms with Crippen molar-refractivity contribution >= 4 is 22.5 Å². The van der Waals surface area contributed by atoms with E-state index in [2.05, 4.69) is 57.8 Å². The highest BCUT2D eigenvalue weighted by atomic mass is 16.5. The molecule has 1 aromatic heterocycles. The van der Waals surface area contributed by atoms with Gasteiger partial charge in [0.15, 0.2) is 0 Å². The van der Waals surface area contributed by atoms with Gasteiger partial charge < -0.3 is 15.0 Å². The van der Waals surface area contributed by atoms with Crippen LogP contribution in [-0.4, -0.2) is 47.2 Å². The SMILES string of the molecule is CN1CCC(Oc2ccc(-c3n[nH]c4ccc(NC(=O)C5CCCc6ccccc65)cc34)cc2)CC1. The van der Waals surface area contributed by atoms with Gasteiger partial charge in [-0.2, -0.15) is 5.10 Å². The fourth-order valence-corrected chi connectivity index (χ4v) is 5.55. The monoisotopic (exact) mass is 480 g/mol. The molecule has 4 aromatic rings. The van der Waals surface area contributed by atoms with Gasteiger partial charge in [-0.05, 0) is 92.7 Å². The molecule has 1 aliphatic carbocycles. The molecule has 0 radical (unpaired) electrons. The maximum Gasteiger partial charge on any atom is 0.231 e. The number of likely N-dealkylation sites (tertiary alicyclic amines) is 1. The van der Waals surface area contributed by atoms with Gasteiger partial charge in [-0.1, -0.05) is 24.3 Å². The van der Waals surface area contributed by atoms with E-state index in [1.54, 1.807) is 0 Å². The fourth-order valence-electron chi connectivity index (χ4n) is 5.55. The Morgan fingerprint density at radius 3 is 2.67 bits per heavy atom. The molecule has 1 aliphatic heterocycles. The van der Waals surface area contributed by atoms with Crippen molar-refractivity contribution in [3.05, 3.63) is 77.9 Å². The highest BCUT2D eigenvalue weighted by Crippen LogP contribution is 2.34. The number of ether oxygens (including phenoxy) is 1. The number of carbonyl (C=O) groups is 1. The molecule has 2 heterocycles. The van der Waals surface area contributed by atoms with Gasteiger partial charge in [0, 0.05) is 29.7 Å². The molecule has 2 aliphatic rings. The van der Waals surface area contributed by atoms with Crippen LogP contribution in [0.15, 0.2) is 66.7 Å². The number of nitrogens with zero attached hydrogens (tertiary/aromatic N) is 2. The lowest BCUT2D eigenvalue weighted by atomic mass is 9.82. The highest BCUT2D eigenvalue weighted by Gasteiger charge is 2.26. The van der Waals surface area contributed by atoms with Crippen molar-refractivity contribution in [2.75, 3.05) is 25.5 Å². The average molecular weight is 481 g/mol. The number of amides is 1. The zero-order valence-electron chi connectivity index (χ0n) is 20.7. The summed E-state index contributed by atoms with van der Waals surface area (Å²) in [4.78, 5) is 15.6. The lowest BCUT2D eigenvalue weighted by Crippen LogP contribution is -2.35. The lowest BCUT2D eigenvalue weighted by Gasteiger charge is -2.29. The van der Waals surface area contributed by atoms with Gasteiger partial charge in [-0.15, -0.1) is 0 Å². The topological polar surface area (TPSA) is 70.2 Å². The second kappa shape index (κ2) is 9.78. The Kier molecular flexibility index (Phi) is 6.20. The first-order chi connectivity index (χ1) is 17.6. The van der Waals surface area contributed by atoms with Crippen molar-refractivity contribution in [3.8, 4) is 17.0 Å². The number of H-pyrrole nitrogens is 1. The minimum absolute atomic E-state index is 0.0574. The Morgan fingerprint density at radius 1 is 1.03 bits per heavy atom. The highest BCUT2D eigenvalue weighted by molar-refractivity contribution is 6.00. The van der Waals surface area contributed by atoms with E-state index in [-0.39, 0.29) is 17.9 Å². The molecule has 6 rings (SSSR count). The van der Waals surface area contributed by atoms with Crippen LogP contribution in [0, 0.1) is 0 Å². The maximum absolute atomic E-state index is 13.2. The van der Waals surface area contributed by atoms with Crippen molar-refractivity contribution in [2.45, 2.75) is 44.1 Å². The van der Waals surface area contributed by atoms with Crippen LogP contribution in [0.3, 0.4) is 0 Å². The third-order valence-electron chi connectivity index (χ3n) is 7.61. The summed E-state index contributed by atoms with van der Waals surface area (Å²) >= 11 is 0. The van der Waals surface area contributed by atoms with Gasteiger partial charge in [-0.3, -0.25) is 9.89 Å². The number of hydrogen-bond acceptors (Lipinski definition) is 4. The van der Waals surface area contributed by atoms with Crippen LogP contribution in [0.5, 0.6) is 5.75 Å². The van der Waals surface area contributed by atoms with E-state index in [1.165, 1.54) is 5.56 Å². The molecule has 1 amide bonds. The van der Waals surface area contributed by atoms with Crippen molar-refractivity contribution in [1.29, 1.82) is 0 Å². The Bertz CT molecular complexity index is 1370. The van der Waals surface area contributed by atoms with Gasteiger partial charge >= 0.3 is 0 Å². The molecule has 0 saturated carbocycles. The second-order valence-corrected chi connectivity index (χ2v) is 10.1. The number of benzene rings is 3. The molecule has 2 N–H and O–H groups in total. The van der Waals surface area contributed by atoms with Gasteiger partial charge in [-0.25, -0.2) is 0 Å². The van der Waals surface area contributed by atoms with Crippen LogP contribution in [0.1, 0.15) is 42.7 Å². The number of hydrogen-bond donors (Lipinski definition) is 2. The van der Waals surface area contributed by atoms with Crippen molar-refractivity contribution in [1.82, 2.24) is 15.1 Å². The smallest absolute Gasteiger partial charge is 0.231 e. The number of nitrogens with one attached hydrogen (secondary N) is 2. The van der Waals surface area contributed by atoms with E-state index in [1.807, 2.05) is 36.4 Å². The Labute approximate surface area is 211 Å². The van der Waals surface area contributed by atoms with E-state index >= 15 is 0 Å². The molecule has 0 bridgehead atoms. The number of aromatic amines is 1. The fraction of sp³-hybridized carbons (Fsp3) is 0.333. The van der Waals surface area contributed by atoms with Crippen LogP contribution in [0.2, 0.25) is 0 Å². The van der Waals surface area contributed by atoms with E-state index in [0.29, 0.717) is 0 Å². The third-order valence-corrected chi connectivity index (χ3v) is 7.61. The number of rotatable bonds is 5. The van der Waals surface area contributed by atoms with Crippen molar-refractivity contribution in [2.24, 2.45) is 0 Å². The lowest BCUT2D eigenvalue weighted by molar-refractivity contribution is -0.117. The molecule has 6 heteroatoms. The summed E-state index contributed by atoms with van der Waals surface area (Å²) in [6.45, 7) is 2.16. The molecule has 6 nitrogen and oxygen atoms in total. The molecule has 1 saturated heterocycles. The van der Waals surface area contributed by atoms with Gasteiger partial charge in [0.25, 0.3) is 0 Å². The number of aromatic nitrogens is 2. The van der Waals surface area contributed by atoms with E-state index in [4.69, 9.17) is 4.74 Å². The number of fused-ring (bicyclic) bond motifs is 2. The largest absolute Gasteiger partial charge is 0.490 e. The summed E-state index contributed by atoms with van der Waals surface area (Å²) in [5.41, 5.74) is 6.07. The molecule has 3 aromatic carbocycles. The first-order valence-electron chi connectivity index (χ1n) is 13.0. The third kappa shape index (κ3) is 4.61. The molecule has 1 fully saturated rings. The first-order valence-corrected chi connectivity index (χ1v) is 13.0. The summed E-state index contributed by atoms with van der Waals surface area (Å²) < 4.78 is 6.21. The number of piperidine rings is 1. The molecule has 0 spiro atoms. The summed E-state index contributed by atoms with van der Waals surface area (Å²) in [6.07, 6.45) is 5.37. The standard InChI is InChI=1S/C30H32N4O2/c1-34-17-15-24(16-18-34)36-23-12-9-21(10-13-23)29-27-19-22(11-14-28(27)32-33-29)31-30(35)26-8-4-6-20-5-2-3-7-25(20)26/h2-3,5,7,9-14,19,24,26H,4,6,8,15-18H2,1H3,(H,31,35)(H,32,33). The minimum atomic E-state index is -0.105. The second-order valence-electron chi connectivity index (χ2n) is 10.1. The summed E-state index contributed by atoms with van der Waals surface area (Å²) in [6, 6.07) is 22.4. The number of anilines is 1. The van der Waals surface area contributed by atoms with Crippen LogP contribution < -0.4 is 10.1 Å². The van der Waals surface area contributed by atoms with Gasteiger partial charge in [0.1, 0.15) is 11.9 Å². The normalized spacial score (nSPS) is 18.6. The van der Waals surface area contributed by atoms with Crippen LogP contribution in [0.25, 0.3) is 22.2 Å². The molecular formula is C30H32N4O2. The Morgan fingerprint density at radius 2 is 1.83 bits per heavy atom. The van der Waals surface area contributed by atoms with E-state index in [9.17, 15) is 4.79 Å². The number of aryl methyl sites for hydroxylation is 1. The summed E-state index contributed by atoms with van der Waals surface area (Å²) in [5.74, 6) is 0.849. The molecular weight excluding hydrogens is 448 g/mol. The summed E-state index contributed by atoms with van der Waals surface area (Å²) in [7, 11) is 2.16. The minimum Gasteiger partial charge on any atom is -0.490 e. The molecule has 184 valence electrons.